The number of methoxy groups -OCH3 is 1. The Hall–Kier alpha value is -2.91. The summed E-state index contributed by atoms with van der Waals surface area (Å²) < 4.78 is 32.0. The van der Waals surface area contributed by atoms with Crippen molar-refractivity contribution in [1.29, 1.82) is 0 Å². The number of hydrogen-bond donors (Lipinski definition) is 3. The third kappa shape index (κ3) is 6.80. The average Bonchev–Trinajstić information content (AvgIpc) is 2.71. The molecule has 0 aliphatic heterocycles. The molecule has 2 aromatic carbocycles. The third-order valence-electron chi connectivity index (χ3n) is 4.41. The maximum atomic E-state index is 12.8. The molecule has 0 bridgehead atoms. The number of carbonyl (C=O) groups is 2. The molecule has 0 radical (unpaired) electrons. The Balaban J connectivity index is 2.09. The fraction of sp³-hybridized carbons (Fsp3) is 0.364. The summed E-state index contributed by atoms with van der Waals surface area (Å²) in [6.07, 6.45) is 0. The lowest BCUT2D eigenvalue weighted by Gasteiger charge is -2.22. The van der Waals surface area contributed by atoms with Crippen molar-refractivity contribution in [3.05, 3.63) is 54.1 Å². The average molecular weight is 448 g/mol. The van der Waals surface area contributed by atoms with Crippen molar-refractivity contribution in [1.82, 2.24) is 10.0 Å². The van der Waals surface area contributed by atoms with Crippen molar-refractivity contribution in [3.8, 4) is 5.75 Å². The van der Waals surface area contributed by atoms with Gasteiger partial charge in [-0.2, -0.15) is 0 Å². The van der Waals surface area contributed by atoms with Gasteiger partial charge in [0.15, 0.2) is 0 Å². The second kappa shape index (κ2) is 10.4. The second-order valence-electron chi connectivity index (χ2n) is 7.71. The van der Waals surface area contributed by atoms with E-state index in [0.29, 0.717) is 17.0 Å². The van der Waals surface area contributed by atoms with Gasteiger partial charge < -0.3 is 15.4 Å². The molecular formula is C22H29N3O5S. The summed E-state index contributed by atoms with van der Waals surface area (Å²) in [6, 6.07) is 11.4. The minimum Gasteiger partial charge on any atom is -0.497 e. The van der Waals surface area contributed by atoms with Crippen molar-refractivity contribution in [2.45, 2.75) is 44.7 Å². The van der Waals surface area contributed by atoms with E-state index in [1.165, 1.54) is 31.4 Å². The molecule has 2 amide bonds. The molecule has 9 heteroatoms. The molecule has 168 valence electrons. The van der Waals surface area contributed by atoms with E-state index in [9.17, 15) is 18.0 Å². The minimum absolute atomic E-state index is 0.104. The first-order valence-electron chi connectivity index (χ1n) is 9.91. The largest absolute Gasteiger partial charge is 0.497 e. The van der Waals surface area contributed by atoms with E-state index in [1.807, 2.05) is 13.8 Å². The lowest BCUT2D eigenvalue weighted by Crippen LogP contribution is -2.47. The normalized spacial score (nSPS) is 12.5. The van der Waals surface area contributed by atoms with E-state index >= 15 is 0 Å². The number of carbonyl (C=O) groups excluding carboxylic acids is 2. The van der Waals surface area contributed by atoms with Crippen molar-refractivity contribution < 1.29 is 22.7 Å². The van der Waals surface area contributed by atoms with Gasteiger partial charge in [0.2, 0.25) is 15.9 Å². The fourth-order valence-corrected chi connectivity index (χ4v) is 4.07. The zero-order valence-electron chi connectivity index (χ0n) is 18.3. The molecule has 1 atom stereocenters. The van der Waals surface area contributed by atoms with Crippen molar-refractivity contribution in [3.63, 3.8) is 0 Å². The number of ether oxygens (including phenoxy) is 1. The highest BCUT2D eigenvalue weighted by Gasteiger charge is 2.25. The second-order valence-corrected chi connectivity index (χ2v) is 9.43. The molecule has 0 spiro atoms. The van der Waals surface area contributed by atoms with Gasteiger partial charge in [-0.1, -0.05) is 13.8 Å². The van der Waals surface area contributed by atoms with Crippen molar-refractivity contribution >= 4 is 27.5 Å². The lowest BCUT2D eigenvalue weighted by atomic mass is 10.0. The van der Waals surface area contributed by atoms with Crippen LogP contribution in [0.3, 0.4) is 0 Å². The van der Waals surface area contributed by atoms with Gasteiger partial charge >= 0.3 is 0 Å². The van der Waals surface area contributed by atoms with Crippen LogP contribution in [0.15, 0.2) is 53.4 Å². The summed E-state index contributed by atoms with van der Waals surface area (Å²) in [4.78, 5) is 25.4. The van der Waals surface area contributed by atoms with Gasteiger partial charge in [-0.15, -0.1) is 0 Å². The van der Waals surface area contributed by atoms with Gasteiger partial charge in [0.1, 0.15) is 11.8 Å². The van der Waals surface area contributed by atoms with Crippen LogP contribution in [-0.4, -0.2) is 39.4 Å². The number of amides is 2. The van der Waals surface area contributed by atoms with Crippen LogP contribution in [0.25, 0.3) is 0 Å². The Bertz CT molecular complexity index is 1000. The van der Waals surface area contributed by atoms with Crippen LogP contribution in [0.4, 0.5) is 5.69 Å². The van der Waals surface area contributed by atoms with E-state index in [4.69, 9.17) is 4.74 Å². The molecule has 8 nitrogen and oxygen atoms in total. The van der Waals surface area contributed by atoms with Gasteiger partial charge in [-0.25, -0.2) is 13.1 Å². The topological polar surface area (TPSA) is 114 Å². The van der Waals surface area contributed by atoms with Crippen LogP contribution in [0.2, 0.25) is 0 Å². The molecule has 0 aliphatic rings. The van der Waals surface area contributed by atoms with E-state index in [2.05, 4.69) is 15.4 Å². The Morgan fingerprint density at radius 3 is 1.97 bits per heavy atom. The van der Waals surface area contributed by atoms with E-state index in [-0.39, 0.29) is 22.8 Å². The third-order valence-corrected chi connectivity index (χ3v) is 6.09. The first-order valence-corrected chi connectivity index (χ1v) is 11.4. The van der Waals surface area contributed by atoms with Crippen molar-refractivity contribution in [2.75, 3.05) is 12.4 Å². The standard InChI is InChI=1S/C22H29N3O5S/c1-14(2)20(24-21(26)16-6-10-18(30-5)11-7-16)22(27)23-17-8-12-19(13-9-17)31(28,29)25-15(3)4/h6-15,20,25H,1-5H3,(H,23,27)(H,24,26). The molecule has 3 N–H and O–H groups in total. The minimum atomic E-state index is -3.61. The molecule has 2 aromatic rings. The van der Waals surface area contributed by atoms with Gasteiger partial charge in [-0.3, -0.25) is 9.59 Å². The molecular weight excluding hydrogens is 418 g/mol. The number of rotatable bonds is 9. The molecule has 31 heavy (non-hydrogen) atoms. The molecule has 1 unspecified atom stereocenters. The van der Waals surface area contributed by atoms with Crippen LogP contribution in [-0.2, 0) is 14.8 Å². The summed E-state index contributed by atoms with van der Waals surface area (Å²) in [7, 11) is -2.08. The van der Waals surface area contributed by atoms with E-state index in [0.717, 1.165) is 0 Å². The Kier molecular flexibility index (Phi) is 8.18. The van der Waals surface area contributed by atoms with Gasteiger partial charge in [0.25, 0.3) is 5.91 Å². The Morgan fingerprint density at radius 2 is 1.48 bits per heavy atom. The summed E-state index contributed by atoms with van der Waals surface area (Å²) >= 11 is 0. The molecule has 0 heterocycles. The van der Waals surface area contributed by atoms with E-state index in [1.54, 1.807) is 38.1 Å². The molecule has 0 aliphatic carbocycles. The summed E-state index contributed by atoms with van der Waals surface area (Å²) in [6.45, 7) is 7.12. The lowest BCUT2D eigenvalue weighted by molar-refractivity contribution is -0.118. The maximum Gasteiger partial charge on any atom is 0.251 e. The molecule has 0 aromatic heterocycles. The predicted molar refractivity (Wildman–Crippen MR) is 120 cm³/mol. The van der Waals surface area contributed by atoms with Gasteiger partial charge in [0, 0.05) is 17.3 Å². The smallest absolute Gasteiger partial charge is 0.251 e. The number of nitrogens with one attached hydrogen (secondary N) is 3. The highest BCUT2D eigenvalue weighted by Crippen LogP contribution is 2.16. The Labute approximate surface area is 183 Å². The van der Waals surface area contributed by atoms with Crippen molar-refractivity contribution in [2.24, 2.45) is 5.92 Å². The summed E-state index contributed by atoms with van der Waals surface area (Å²) in [5, 5.41) is 5.48. The van der Waals surface area contributed by atoms with E-state index < -0.39 is 22.0 Å². The fourth-order valence-electron chi connectivity index (χ4n) is 2.82. The number of benzene rings is 2. The van der Waals surface area contributed by atoms with Crippen LogP contribution in [0, 0.1) is 5.92 Å². The summed E-state index contributed by atoms with van der Waals surface area (Å²) in [5.74, 6) is -0.314. The van der Waals surface area contributed by atoms with Crippen LogP contribution in [0.1, 0.15) is 38.1 Å². The number of hydrogen-bond acceptors (Lipinski definition) is 5. The maximum absolute atomic E-state index is 12.8. The Morgan fingerprint density at radius 1 is 0.903 bits per heavy atom. The summed E-state index contributed by atoms with van der Waals surface area (Å²) in [5.41, 5.74) is 0.837. The van der Waals surface area contributed by atoms with Crippen LogP contribution >= 0.6 is 0 Å². The SMILES string of the molecule is COc1ccc(C(=O)NC(C(=O)Nc2ccc(S(=O)(=O)NC(C)C)cc2)C(C)C)cc1. The number of sulfonamides is 1. The number of anilines is 1. The quantitative estimate of drug-likeness (QED) is 0.547. The molecule has 2 rings (SSSR count). The zero-order chi connectivity index (χ0) is 23.2. The van der Waals surface area contributed by atoms with Gasteiger partial charge in [0.05, 0.1) is 12.0 Å². The monoisotopic (exact) mass is 447 g/mol. The molecule has 0 saturated heterocycles. The first kappa shape index (κ1) is 24.4. The predicted octanol–water partition coefficient (Wildman–Crippen LogP) is 2.78. The first-order chi connectivity index (χ1) is 14.5. The van der Waals surface area contributed by atoms with Crippen LogP contribution in [0.5, 0.6) is 5.75 Å². The van der Waals surface area contributed by atoms with Gasteiger partial charge in [-0.05, 0) is 68.3 Å². The highest BCUT2D eigenvalue weighted by atomic mass is 32.2. The molecule has 0 saturated carbocycles. The zero-order valence-corrected chi connectivity index (χ0v) is 19.1. The van der Waals surface area contributed by atoms with Crippen LogP contribution < -0.4 is 20.1 Å². The highest BCUT2D eigenvalue weighted by molar-refractivity contribution is 7.89. The molecule has 0 fully saturated rings.